The van der Waals surface area contributed by atoms with Crippen molar-refractivity contribution in [1.82, 2.24) is 19.7 Å². The van der Waals surface area contributed by atoms with Crippen molar-refractivity contribution in [3.8, 4) is 0 Å². The van der Waals surface area contributed by atoms with E-state index in [9.17, 15) is 4.79 Å². The lowest BCUT2D eigenvalue weighted by Crippen LogP contribution is -2.39. The second-order valence-corrected chi connectivity index (χ2v) is 7.03. The molecule has 132 valence electrons. The molecule has 1 N–H and O–H groups in total. The minimum Gasteiger partial charge on any atom is -0.310 e. The molecule has 0 aromatic carbocycles. The Hall–Kier alpha value is -1.73. The van der Waals surface area contributed by atoms with Gasteiger partial charge in [0.15, 0.2) is 0 Å². The number of anilines is 1. The first-order valence-corrected chi connectivity index (χ1v) is 9.32. The number of thiazole rings is 1. The van der Waals surface area contributed by atoms with Gasteiger partial charge in [-0.2, -0.15) is 5.10 Å². The Kier molecular flexibility index (Phi) is 6.51. The molecule has 0 saturated carbocycles. The van der Waals surface area contributed by atoms with Gasteiger partial charge in [0.2, 0.25) is 5.91 Å². The van der Waals surface area contributed by atoms with Gasteiger partial charge in [-0.25, -0.2) is 9.67 Å². The van der Waals surface area contributed by atoms with Crippen molar-refractivity contribution in [3.05, 3.63) is 28.3 Å². The van der Waals surface area contributed by atoms with Crippen LogP contribution in [0.1, 0.15) is 50.9 Å². The summed E-state index contributed by atoms with van der Waals surface area (Å²) in [6.07, 6.45) is 3.63. The van der Waals surface area contributed by atoms with Crippen LogP contribution < -0.4 is 5.32 Å². The minimum atomic E-state index is -0.253. The summed E-state index contributed by atoms with van der Waals surface area (Å²) in [4.78, 5) is 19.1. The standard InChI is InChI=1S/C17H27N5OS/c1-6-12(3)22-15(8-9-18-22)20-17(23)13(4)21(5)10-14-11-24-16(7-2)19-14/h8-9,11-13H,6-7,10H2,1-5H3,(H,20,23). The molecule has 2 atom stereocenters. The summed E-state index contributed by atoms with van der Waals surface area (Å²) in [5, 5.41) is 10.5. The highest BCUT2D eigenvalue weighted by molar-refractivity contribution is 7.09. The number of likely N-dealkylation sites (N-methyl/N-ethyl adjacent to an activating group) is 1. The monoisotopic (exact) mass is 349 g/mol. The topological polar surface area (TPSA) is 63.1 Å². The fourth-order valence-electron chi connectivity index (χ4n) is 2.34. The van der Waals surface area contributed by atoms with Crippen molar-refractivity contribution in [1.29, 1.82) is 0 Å². The smallest absolute Gasteiger partial charge is 0.242 e. The van der Waals surface area contributed by atoms with E-state index in [0.717, 1.165) is 29.4 Å². The van der Waals surface area contributed by atoms with Crippen LogP contribution in [0.2, 0.25) is 0 Å². The molecular formula is C17H27N5OS. The lowest BCUT2D eigenvalue weighted by Gasteiger charge is -2.23. The van der Waals surface area contributed by atoms with E-state index in [0.29, 0.717) is 6.54 Å². The molecular weight excluding hydrogens is 322 g/mol. The fourth-order valence-corrected chi connectivity index (χ4v) is 3.08. The first kappa shape index (κ1) is 18.6. The predicted molar refractivity (Wildman–Crippen MR) is 98.3 cm³/mol. The zero-order valence-electron chi connectivity index (χ0n) is 15.1. The second-order valence-electron chi connectivity index (χ2n) is 6.08. The molecule has 0 aliphatic carbocycles. The SMILES string of the molecule is CCc1nc(CN(C)C(C)C(=O)Nc2ccnn2C(C)CC)cs1. The third-order valence-corrected chi connectivity index (χ3v) is 5.33. The first-order chi connectivity index (χ1) is 11.5. The molecule has 2 heterocycles. The number of rotatable bonds is 8. The molecule has 1 amide bonds. The second kappa shape index (κ2) is 8.39. The third kappa shape index (κ3) is 4.42. The van der Waals surface area contributed by atoms with E-state index in [4.69, 9.17) is 0 Å². The number of carbonyl (C=O) groups excluding carboxylic acids is 1. The van der Waals surface area contributed by atoms with Gasteiger partial charge >= 0.3 is 0 Å². The Morgan fingerprint density at radius 3 is 2.79 bits per heavy atom. The third-order valence-electron chi connectivity index (χ3n) is 4.28. The first-order valence-electron chi connectivity index (χ1n) is 8.44. The quantitative estimate of drug-likeness (QED) is 0.794. The minimum absolute atomic E-state index is 0.0338. The molecule has 0 spiro atoms. The van der Waals surface area contributed by atoms with E-state index in [-0.39, 0.29) is 18.0 Å². The van der Waals surface area contributed by atoms with Gasteiger partial charge in [0, 0.05) is 18.0 Å². The Labute approximate surface area is 147 Å². The van der Waals surface area contributed by atoms with Crippen molar-refractivity contribution in [2.45, 2.75) is 59.2 Å². The number of nitrogens with zero attached hydrogens (tertiary/aromatic N) is 4. The van der Waals surface area contributed by atoms with Gasteiger partial charge in [-0.3, -0.25) is 9.69 Å². The summed E-state index contributed by atoms with van der Waals surface area (Å²) in [6, 6.07) is 1.84. The molecule has 2 aromatic rings. The number of amides is 1. The molecule has 2 unspecified atom stereocenters. The summed E-state index contributed by atoms with van der Waals surface area (Å²) in [6.45, 7) is 8.86. The molecule has 0 saturated heterocycles. The van der Waals surface area contributed by atoms with Crippen LogP contribution in [0.4, 0.5) is 5.82 Å². The summed E-state index contributed by atoms with van der Waals surface area (Å²) < 4.78 is 1.86. The predicted octanol–water partition coefficient (Wildman–Crippen LogP) is 3.33. The van der Waals surface area contributed by atoms with E-state index in [1.54, 1.807) is 17.5 Å². The van der Waals surface area contributed by atoms with E-state index in [1.165, 1.54) is 0 Å². The van der Waals surface area contributed by atoms with E-state index in [2.05, 4.69) is 41.6 Å². The van der Waals surface area contributed by atoms with Crippen molar-refractivity contribution < 1.29 is 4.79 Å². The van der Waals surface area contributed by atoms with Gasteiger partial charge in [-0.1, -0.05) is 13.8 Å². The number of aromatic nitrogens is 3. The fraction of sp³-hybridized carbons (Fsp3) is 0.588. The van der Waals surface area contributed by atoms with Crippen LogP contribution in [-0.4, -0.2) is 38.7 Å². The van der Waals surface area contributed by atoms with E-state index in [1.807, 2.05) is 29.6 Å². The average Bonchev–Trinajstić information content (AvgIpc) is 3.22. The van der Waals surface area contributed by atoms with Crippen LogP contribution in [0.5, 0.6) is 0 Å². The summed E-state index contributed by atoms with van der Waals surface area (Å²) in [5.74, 6) is 0.713. The molecule has 0 radical (unpaired) electrons. The summed E-state index contributed by atoms with van der Waals surface area (Å²) in [5.41, 5.74) is 1.02. The summed E-state index contributed by atoms with van der Waals surface area (Å²) >= 11 is 1.67. The van der Waals surface area contributed by atoms with Crippen molar-refractivity contribution in [3.63, 3.8) is 0 Å². The molecule has 0 aliphatic rings. The van der Waals surface area contributed by atoms with Crippen LogP contribution in [0.25, 0.3) is 0 Å². The molecule has 2 aromatic heterocycles. The number of hydrogen-bond donors (Lipinski definition) is 1. The highest BCUT2D eigenvalue weighted by Gasteiger charge is 2.21. The number of hydrogen-bond acceptors (Lipinski definition) is 5. The normalized spacial score (nSPS) is 13.9. The maximum atomic E-state index is 12.6. The van der Waals surface area contributed by atoms with E-state index < -0.39 is 0 Å². The molecule has 0 fully saturated rings. The van der Waals surface area contributed by atoms with Gasteiger partial charge in [0.05, 0.1) is 29.0 Å². The van der Waals surface area contributed by atoms with Crippen LogP contribution in [0, 0.1) is 0 Å². The maximum absolute atomic E-state index is 12.6. The molecule has 6 nitrogen and oxygen atoms in total. The molecule has 0 bridgehead atoms. The Morgan fingerprint density at radius 2 is 2.17 bits per heavy atom. The lowest BCUT2D eigenvalue weighted by atomic mass is 10.2. The zero-order chi connectivity index (χ0) is 17.7. The van der Waals surface area contributed by atoms with Gasteiger partial charge < -0.3 is 5.32 Å². The Balaban J connectivity index is 1.97. The highest BCUT2D eigenvalue weighted by Crippen LogP contribution is 2.17. The van der Waals surface area contributed by atoms with Crippen LogP contribution >= 0.6 is 11.3 Å². The number of nitrogens with one attached hydrogen (secondary N) is 1. The maximum Gasteiger partial charge on any atom is 0.242 e. The van der Waals surface area contributed by atoms with Crippen molar-refractivity contribution in [2.75, 3.05) is 12.4 Å². The lowest BCUT2D eigenvalue weighted by molar-refractivity contribution is -0.120. The van der Waals surface area contributed by atoms with Crippen LogP contribution in [0.3, 0.4) is 0 Å². The number of carbonyl (C=O) groups is 1. The van der Waals surface area contributed by atoms with Crippen LogP contribution in [0.15, 0.2) is 17.6 Å². The largest absolute Gasteiger partial charge is 0.310 e. The van der Waals surface area contributed by atoms with E-state index >= 15 is 0 Å². The molecule has 2 rings (SSSR count). The van der Waals surface area contributed by atoms with Crippen molar-refractivity contribution in [2.24, 2.45) is 0 Å². The molecule has 24 heavy (non-hydrogen) atoms. The van der Waals surface area contributed by atoms with Gasteiger partial charge in [0.1, 0.15) is 5.82 Å². The van der Waals surface area contributed by atoms with Crippen LogP contribution in [-0.2, 0) is 17.8 Å². The molecule has 7 heteroatoms. The average molecular weight is 350 g/mol. The Bertz CT molecular complexity index is 665. The zero-order valence-corrected chi connectivity index (χ0v) is 15.9. The van der Waals surface area contributed by atoms with Gasteiger partial charge in [0.25, 0.3) is 0 Å². The highest BCUT2D eigenvalue weighted by atomic mass is 32.1. The van der Waals surface area contributed by atoms with Crippen molar-refractivity contribution >= 4 is 23.1 Å². The van der Waals surface area contributed by atoms with Gasteiger partial charge in [-0.05, 0) is 33.7 Å². The van der Waals surface area contributed by atoms with Gasteiger partial charge in [-0.15, -0.1) is 11.3 Å². The Morgan fingerprint density at radius 1 is 1.42 bits per heavy atom. The molecule has 0 aliphatic heterocycles. The number of aryl methyl sites for hydroxylation is 1. The summed E-state index contributed by atoms with van der Waals surface area (Å²) in [7, 11) is 1.95.